The molecule has 0 fully saturated rings. The number of hydrogen-bond donors (Lipinski definition) is 2. The van der Waals surface area contributed by atoms with Crippen molar-refractivity contribution < 1.29 is 9.84 Å². The summed E-state index contributed by atoms with van der Waals surface area (Å²) in [6.45, 7) is 0. The van der Waals surface area contributed by atoms with Gasteiger partial charge in [-0.1, -0.05) is 0 Å². The predicted octanol–water partition coefficient (Wildman–Crippen LogP) is 3.31. The lowest BCUT2D eigenvalue weighted by atomic mass is 10.0. The number of fused-ring (bicyclic) bond motifs is 1. The smallest absolute Gasteiger partial charge is 0.133 e. The van der Waals surface area contributed by atoms with Crippen molar-refractivity contribution in [2.24, 2.45) is 0 Å². The molecule has 0 aliphatic rings. The van der Waals surface area contributed by atoms with E-state index in [1.165, 1.54) is 0 Å². The van der Waals surface area contributed by atoms with Crippen LogP contribution in [0.25, 0.3) is 10.8 Å². The van der Waals surface area contributed by atoms with Gasteiger partial charge in [-0.3, -0.25) is 0 Å². The minimum atomic E-state index is 0.111. The lowest BCUT2D eigenvalue weighted by molar-refractivity contribution is 0.413. The molecule has 0 unspecified atom stereocenters. The molecular formula is C12H10BrNO2. The zero-order chi connectivity index (χ0) is 11.7. The quantitative estimate of drug-likeness (QED) is 0.829. The van der Waals surface area contributed by atoms with Crippen molar-refractivity contribution in [1.82, 2.24) is 0 Å². The first-order chi connectivity index (χ1) is 7.69. The fraction of sp³-hybridized carbons (Fsp3) is 0.0833. The van der Waals surface area contributed by atoms with Gasteiger partial charge in [0.2, 0.25) is 0 Å². The number of methoxy groups -OCH3 is 1. The van der Waals surface area contributed by atoms with Crippen LogP contribution in [0.1, 0.15) is 5.56 Å². The molecule has 4 heteroatoms. The Bertz CT molecular complexity index is 566. The molecule has 3 nitrogen and oxygen atoms in total. The van der Waals surface area contributed by atoms with E-state index < -0.39 is 0 Å². The number of nitrogens with one attached hydrogen (secondary N) is 1. The van der Waals surface area contributed by atoms with Crippen LogP contribution in [-0.2, 0) is 0 Å². The average Bonchev–Trinajstić information content (AvgIpc) is 2.29. The van der Waals surface area contributed by atoms with Gasteiger partial charge in [-0.05, 0) is 45.6 Å². The Morgan fingerprint density at radius 1 is 1.25 bits per heavy atom. The molecule has 16 heavy (non-hydrogen) atoms. The Labute approximate surface area is 101 Å². The van der Waals surface area contributed by atoms with E-state index in [0.717, 1.165) is 27.2 Å². The van der Waals surface area contributed by atoms with E-state index in [2.05, 4.69) is 15.9 Å². The maximum absolute atomic E-state index is 9.63. The number of rotatable bonds is 2. The topological polar surface area (TPSA) is 53.3 Å². The van der Waals surface area contributed by atoms with Gasteiger partial charge < -0.3 is 15.3 Å². The summed E-state index contributed by atoms with van der Waals surface area (Å²) >= 11 is 3.45. The van der Waals surface area contributed by atoms with Crippen LogP contribution in [0.3, 0.4) is 0 Å². The van der Waals surface area contributed by atoms with Crippen molar-refractivity contribution in [2.75, 3.05) is 7.11 Å². The lowest BCUT2D eigenvalue weighted by Gasteiger charge is -2.09. The minimum Gasteiger partial charge on any atom is -0.507 e. The molecule has 0 heterocycles. The van der Waals surface area contributed by atoms with E-state index in [0.29, 0.717) is 5.56 Å². The molecule has 0 atom stereocenters. The highest BCUT2D eigenvalue weighted by Gasteiger charge is 2.10. The summed E-state index contributed by atoms with van der Waals surface area (Å²) in [5.41, 5.74) is 0.515. The molecule has 82 valence electrons. The summed E-state index contributed by atoms with van der Waals surface area (Å²) in [4.78, 5) is 0. The van der Waals surface area contributed by atoms with Crippen LogP contribution in [0, 0.1) is 5.41 Å². The standard InChI is InChI=1S/C12H10BrNO2/c1-16-11-5-3-7-8(12(11)13)2-4-10(15)9(7)6-14/h2-6,14-15H,1H3. The number of phenols is 1. The van der Waals surface area contributed by atoms with Crippen LogP contribution < -0.4 is 4.74 Å². The maximum atomic E-state index is 9.63. The molecule has 0 spiro atoms. The SMILES string of the molecule is COc1ccc2c(C=N)c(O)ccc2c1Br. The number of benzene rings is 2. The van der Waals surface area contributed by atoms with Crippen molar-refractivity contribution in [2.45, 2.75) is 0 Å². The number of aromatic hydroxyl groups is 1. The van der Waals surface area contributed by atoms with Crippen LogP contribution in [0.15, 0.2) is 28.7 Å². The fourth-order valence-electron chi connectivity index (χ4n) is 1.67. The van der Waals surface area contributed by atoms with E-state index in [9.17, 15) is 5.11 Å². The molecule has 2 N–H and O–H groups in total. The van der Waals surface area contributed by atoms with Gasteiger partial charge in [0.1, 0.15) is 11.5 Å². The van der Waals surface area contributed by atoms with Crippen molar-refractivity contribution in [3.05, 3.63) is 34.3 Å². The molecular weight excluding hydrogens is 270 g/mol. The summed E-state index contributed by atoms with van der Waals surface area (Å²) in [6, 6.07) is 7.01. The van der Waals surface area contributed by atoms with Gasteiger partial charge in [-0.25, -0.2) is 0 Å². The number of ether oxygens (including phenoxy) is 1. The Balaban J connectivity index is 2.88. The average molecular weight is 280 g/mol. The highest BCUT2D eigenvalue weighted by atomic mass is 79.9. The normalized spacial score (nSPS) is 10.4. The van der Waals surface area contributed by atoms with E-state index in [1.54, 1.807) is 25.3 Å². The monoisotopic (exact) mass is 279 g/mol. The third kappa shape index (κ3) is 1.55. The highest BCUT2D eigenvalue weighted by molar-refractivity contribution is 9.10. The van der Waals surface area contributed by atoms with Crippen molar-refractivity contribution >= 4 is 32.9 Å². The molecule has 0 saturated carbocycles. The Morgan fingerprint density at radius 2 is 1.94 bits per heavy atom. The molecule has 0 aromatic heterocycles. The summed E-state index contributed by atoms with van der Waals surface area (Å²) in [5, 5.41) is 18.7. The fourth-order valence-corrected chi connectivity index (χ4v) is 2.31. The first-order valence-electron chi connectivity index (χ1n) is 4.67. The molecule has 0 saturated heterocycles. The Hall–Kier alpha value is -1.55. The first-order valence-corrected chi connectivity index (χ1v) is 5.47. The number of phenolic OH excluding ortho intramolecular Hbond substituents is 1. The highest BCUT2D eigenvalue weighted by Crippen LogP contribution is 2.36. The summed E-state index contributed by atoms with van der Waals surface area (Å²) in [5.74, 6) is 0.841. The molecule has 0 aliphatic heterocycles. The van der Waals surface area contributed by atoms with Crippen molar-refractivity contribution in [3.8, 4) is 11.5 Å². The third-order valence-electron chi connectivity index (χ3n) is 2.48. The van der Waals surface area contributed by atoms with Gasteiger partial charge in [0, 0.05) is 17.2 Å². The second-order valence-corrected chi connectivity index (χ2v) is 4.11. The van der Waals surface area contributed by atoms with Gasteiger partial charge in [0.05, 0.1) is 11.6 Å². The summed E-state index contributed by atoms with van der Waals surface area (Å²) < 4.78 is 6.02. The number of hydrogen-bond acceptors (Lipinski definition) is 3. The van der Waals surface area contributed by atoms with E-state index in [4.69, 9.17) is 10.1 Å². The molecule has 2 rings (SSSR count). The van der Waals surface area contributed by atoms with Gasteiger partial charge >= 0.3 is 0 Å². The molecule has 0 amide bonds. The molecule has 0 bridgehead atoms. The molecule has 2 aromatic rings. The zero-order valence-electron chi connectivity index (χ0n) is 8.62. The number of halogens is 1. The van der Waals surface area contributed by atoms with Crippen molar-refractivity contribution in [3.63, 3.8) is 0 Å². The predicted molar refractivity (Wildman–Crippen MR) is 67.8 cm³/mol. The van der Waals surface area contributed by atoms with Gasteiger partial charge in [-0.2, -0.15) is 0 Å². The Kier molecular flexibility index (Phi) is 2.83. The Morgan fingerprint density at radius 3 is 2.56 bits per heavy atom. The zero-order valence-corrected chi connectivity index (χ0v) is 10.2. The van der Waals surface area contributed by atoms with Crippen LogP contribution in [-0.4, -0.2) is 18.4 Å². The van der Waals surface area contributed by atoms with Crippen LogP contribution >= 0.6 is 15.9 Å². The summed E-state index contributed by atoms with van der Waals surface area (Å²) in [6.07, 6.45) is 1.15. The van der Waals surface area contributed by atoms with Gasteiger partial charge in [0.15, 0.2) is 0 Å². The van der Waals surface area contributed by atoms with Crippen LogP contribution in [0.5, 0.6) is 11.5 Å². The van der Waals surface area contributed by atoms with Gasteiger partial charge in [-0.15, -0.1) is 0 Å². The summed E-state index contributed by atoms with van der Waals surface area (Å²) in [7, 11) is 1.60. The molecule has 0 aliphatic carbocycles. The second kappa shape index (κ2) is 4.14. The lowest BCUT2D eigenvalue weighted by Crippen LogP contribution is -1.89. The van der Waals surface area contributed by atoms with Crippen LogP contribution in [0.4, 0.5) is 0 Å². The second-order valence-electron chi connectivity index (χ2n) is 3.32. The largest absolute Gasteiger partial charge is 0.507 e. The minimum absolute atomic E-state index is 0.111. The van der Waals surface area contributed by atoms with Crippen molar-refractivity contribution in [1.29, 1.82) is 5.41 Å². The third-order valence-corrected chi connectivity index (χ3v) is 3.30. The van der Waals surface area contributed by atoms with Gasteiger partial charge in [0.25, 0.3) is 0 Å². The molecule has 0 radical (unpaired) electrons. The van der Waals surface area contributed by atoms with E-state index in [-0.39, 0.29) is 5.75 Å². The van der Waals surface area contributed by atoms with E-state index >= 15 is 0 Å². The first kappa shape index (κ1) is 11.0. The van der Waals surface area contributed by atoms with Crippen LogP contribution in [0.2, 0.25) is 0 Å². The van der Waals surface area contributed by atoms with E-state index in [1.807, 2.05) is 6.07 Å². The molecule has 2 aromatic carbocycles. The maximum Gasteiger partial charge on any atom is 0.133 e.